The van der Waals surface area contributed by atoms with E-state index < -0.39 is 18.0 Å². The Morgan fingerprint density at radius 3 is 2.47 bits per heavy atom. The molecule has 0 bridgehead atoms. The Morgan fingerprint density at radius 1 is 1.17 bits per heavy atom. The normalized spacial score (nSPS) is 20.1. The van der Waals surface area contributed by atoms with Crippen LogP contribution < -0.4 is 14.4 Å². The highest BCUT2D eigenvalue weighted by Crippen LogP contribution is 2.40. The lowest BCUT2D eigenvalue weighted by molar-refractivity contribution is -0.163. The van der Waals surface area contributed by atoms with Crippen molar-refractivity contribution in [3.05, 3.63) is 17.2 Å². The Morgan fingerprint density at radius 2 is 1.83 bits per heavy atom. The lowest BCUT2D eigenvalue weighted by Gasteiger charge is -2.29. The number of morpholine rings is 1. The largest absolute Gasteiger partial charge is 0.495 e. The van der Waals surface area contributed by atoms with Crippen LogP contribution >= 0.6 is 11.6 Å². The number of hydrogen-bond donors (Lipinski definition) is 0. The molecular formula is C20H25ClN2O7. The summed E-state index contributed by atoms with van der Waals surface area (Å²) in [7, 11) is 2.95. The molecule has 0 saturated carbocycles. The van der Waals surface area contributed by atoms with Crippen molar-refractivity contribution in [3.63, 3.8) is 0 Å². The fourth-order valence-corrected chi connectivity index (χ4v) is 3.75. The van der Waals surface area contributed by atoms with Crippen molar-refractivity contribution >= 4 is 35.1 Å². The fraction of sp³-hybridized carbons (Fsp3) is 0.550. The van der Waals surface area contributed by atoms with Crippen molar-refractivity contribution in [3.8, 4) is 11.5 Å². The van der Waals surface area contributed by atoms with Gasteiger partial charge in [-0.25, -0.2) is 0 Å². The zero-order valence-corrected chi connectivity index (χ0v) is 17.9. The van der Waals surface area contributed by atoms with Crippen LogP contribution in [0.5, 0.6) is 11.5 Å². The number of carbonyl (C=O) groups excluding carboxylic acids is 3. The van der Waals surface area contributed by atoms with Gasteiger partial charge in [-0.2, -0.15) is 0 Å². The maximum atomic E-state index is 12.6. The van der Waals surface area contributed by atoms with Gasteiger partial charge in [0.15, 0.2) is 6.10 Å². The Kier molecular flexibility index (Phi) is 7.04. The number of amides is 2. The topological polar surface area (TPSA) is 94.6 Å². The van der Waals surface area contributed by atoms with Crippen LogP contribution in [0.3, 0.4) is 0 Å². The summed E-state index contributed by atoms with van der Waals surface area (Å²) in [6.07, 6.45) is -0.950. The minimum atomic E-state index is -0.926. The van der Waals surface area contributed by atoms with E-state index in [-0.39, 0.29) is 24.8 Å². The SMILES string of the molecule is COc1cc(OC)c(N2C[C@H](C(=O)O[C@@H](C)C(=O)N3CCOCC3)CC2=O)cc1Cl. The molecule has 3 rings (SSSR count). The summed E-state index contributed by atoms with van der Waals surface area (Å²) in [4.78, 5) is 40.7. The van der Waals surface area contributed by atoms with Crippen LogP contribution in [-0.4, -0.2) is 75.9 Å². The van der Waals surface area contributed by atoms with E-state index >= 15 is 0 Å². The van der Waals surface area contributed by atoms with Gasteiger partial charge in [0.25, 0.3) is 5.91 Å². The van der Waals surface area contributed by atoms with Gasteiger partial charge in [0.1, 0.15) is 11.5 Å². The first-order chi connectivity index (χ1) is 14.3. The van der Waals surface area contributed by atoms with Gasteiger partial charge < -0.3 is 28.7 Å². The van der Waals surface area contributed by atoms with Gasteiger partial charge in [0.2, 0.25) is 5.91 Å². The molecule has 164 valence electrons. The molecule has 0 aliphatic carbocycles. The standard InChI is InChI=1S/C20H25ClN2O7/c1-12(19(25)22-4-6-29-7-5-22)30-20(26)13-8-18(24)23(11-13)15-9-14(21)16(27-2)10-17(15)28-3/h9-10,12-13H,4-8,11H2,1-3H3/t12-,13+/m0/s1. The molecule has 1 aromatic carbocycles. The van der Waals surface area contributed by atoms with Gasteiger partial charge in [-0.1, -0.05) is 11.6 Å². The predicted octanol–water partition coefficient (Wildman–Crippen LogP) is 1.50. The molecular weight excluding hydrogens is 416 g/mol. The first-order valence-corrected chi connectivity index (χ1v) is 10.0. The maximum Gasteiger partial charge on any atom is 0.312 e. The summed E-state index contributed by atoms with van der Waals surface area (Å²) in [5, 5.41) is 0.317. The van der Waals surface area contributed by atoms with Gasteiger partial charge in [0, 0.05) is 32.1 Å². The molecule has 10 heteroatoms. The van der Waals surface area contributed by atoms with Crippen molar-refractivity contribution in [1.82, 2.24) is 4.90 Å². The van der Waals surface area contributed by atoms with E-state index in [0.717, 1.165) is 0 Å². The summed E-state index contributed by atoms with van der Waals surface area (Å²) < 4.78 is 21.1. The van der Waals surface area contributed by atoms with Crippen LogP contribution in [0.15, 0.2) is 12.1 Å². The predicted molar refractivity (Wildman–Crippen MR) is 108 cm³/mol. The number of carbonyl (C=O) groups is 3. The van der Waals surface area contributed by atoms with Gasteiger partial charge in [-0.15, -0.1) is 0 Å². The molecule has 30 heavy (non-hydrogen) atoms. The number of anilines is 1. The van der Waals surface area contributed by atoms with Crippen LogP contribution in [0.1, 0.15) is 13.3 Å². The summed E-state index contributed by atoms with van der Waals surface area (Å²) >= 11 is 6.20. The fourth-order valence-electron chi connectivity index (χ4n) is 3.52. The number of benzene rings is 1. The van der Waals surface area contributed by atoms with E-state index in [0.29, 0.717) is 48.5 Å². The quantitative estimate of drug-likeness (QED) is 0.618. The van der Waals surface area contributed by atoms with E-state index in [9.17, 15) is 14.4 Å². The smallest absolute Gasteiger partial charge is 0.312 e. The highest BCUT2D eigenvalue weighted by atomic mass is 35.5. The molecule has 2 amide bonds. The van der Waals surface area contributed by atoms with Crippen molar-refractivity contribution in [2.45, 2.75) is 19.4 Å². The van der Waals surface area contributed by atoms with Crippen LogP contribution in [-0.2, 0) is 23.9 Å². The lowest BCUT2D eigenvalue weighted by Crippen LogP contribution is -2.46. The zero-order valence-electron chi connectivity index (χ0n) is 17.2. The zero-order chi connectivity index (χ0) is 21.8. The molecule has 2 saturated heterocycles. The Balaban J connectivity index is 1.67. The number of rotatable bonds is 6. The van der Waals surface area contributed by atoms with Crippen molar-refractivity contribution in [2.75, 3.05) is 52.0 Å². The number of nitrogens with zero attached hydrogens (tertiary/aromatic N) is 2. The van der Waals surface area contributed by atoms with Crippen molar-refractivity contribution in [1.29, 1.82) is 0 Å². The summed E-state index contributed by atoms with van der Waals surface area (Å²) in [5.74, 6) is -0.994. The molecule has 0 N–H and O–H groups in total. The molecule has 1 aromatic rings. The summed E-state index contributed by atoms with van der Waals surface area (Å²) in [6.45, 7) is 3.50. The lowest BCUT2D eigenvalue weighted by atomic mass is 10.1. The average Bonchev–Trinajstić information content (AvgIpc) is 3.15. The van der Waals surface area contributed by atoms with Gasteiger partial charge >= 0.3 is 5.97 Å². The monoisotopic (exact) mass is 440 g/mol. The molecule has 2 aliphatic heterocycles. The van der Waals surface area contributed by atoms with E-state index in [1.807, 2.05) is 0 Å². The maximum absolute atomic E-state index is 12.6. The van der Waals surface area contributed by atoms with Crippen LogP contribution in [0.25, 0.3) is 0 Å². The molecule has 2 aliphatic rings. The van der Waals surface area contributed by atoms with E-state index in [1.54, 1.807) is 17.0 Å². The second kappa shape index (κ2) is 9.53. The number of methoxy groups -OCH3 is 2. The Hall–Kier alpha value is -2.52. The number of hydrogen-bond acceptors (Lipinski definition) is 7. The number of ether oxygens (including phenoxy) is 4. The Bertz CT molecular complexity index is 826. The molecule has 0 spiro atoms. The minimum absolute atomic E-state index is 0.0237. The highest BCUT2D eigenvalue weighted by Gasteiger charge is 2.39. The molecule has 2 heterocycles. The van der Waals surface area contributed by atoms with E-state index in [1.165, 1.54) is 26.0 Å². The molecule has 0 unspecified atom stereocenters. The van der Waals surface area contributed by atoms with Gasteiger partial charge in [-0.3, -0.25) is 14.4 Å². The molecule has 2 atom stereocenters. The van der Waals surface area contributed by atoms with Gasteiger partial charge in [-0.05, 0) is 13.0 Å². The van der Waals surface area contributed by atoms with Crippen molar-refractivity contribution in [2.24, 2.45) is 5.92 Å². The van der Waals surface area contributed by atoms with E-state index in [2.05, 4.69) is 0 Å². The highest BCUT2D eigenvalue weighted by molar-refractivity contribution is 6.32. The first kappa shape index (κ1) is 22.2. The molecule has 0 aromatic heterocycles. The van der Waals surface area contributed by atoms with Crippen LogP contribution in [0.4, 0.5) is 5.69 Å². The summed E-state index contributed by atoms with van der Waals surface area (Å²) in [5.41, 5.74) is 0.445. The van der Waals surface area contributed by atoms with Gasteiger partial charge in [0.05, 0.1) is 44.1 Å². The number of halogens is 1. The minimum Gasteiger partial charge on any atom is -0.495 e. The third kappa shape index (κ3) is 4.62. The third-order valence-corrected chi connectivity index (χ3v) is 5.46. The molecule has 0 radical (unpaired) electrons. The van der Waals surface area contributed by atoms with E-state index in [4.69, 9.17) is 30.5 Å². The number of esters is 1. The molecule has 2 fully saturated rings. The molecule has 9 nitrogen and oxygen atoms in total. The Labute approximate surface area is 179 Å². The van der Waals surface area contributed by atoms with Crippen molar-refractivity contribution < 1.29 is 33.3 Å². The van der Waals surface area contributed by atoms with Crippen LogP contribution in [0.2, 0.25) is 5.02 Å². The third-order valence-electron chi connectivity index (χ3n) is 5.17. The van der Waals surface area contributed by atoms with Crippen LogP contribution in [0, 0.1) is 5.92 Å². The first-order valence-electron chi connectivity index (χ1n) is 9.64. The summed E-state index contributed by atoms with van der Waals surface area (Å²) in [6, 6.07) is 3.15. The second-order valence-electron chi connectivity index (χ2n) is 7.08. The average molecular weight is 441 g/mol. The second-order valence-corrected chi connectivity index (χ2v) is 7.49.